The van der Waals surface area contributed by atoms with E-state index in [4.69, 9.17) is 0 Å². The van der Waals surface area contributed by atoms with Crippen LogP contribution in [-0.2, 0) is 6.42 Å². The fourth-order valence-corrected chi connectivity index (χ4v) is 8.52. The number of hydrogen-bond donors (Lipinski definition) is 0. The van der Waals surface area contributed by atoms with Crippen LogP contribution in [-0.4, -0.2) is 0 Å². The van der Waals surface area contributed by atoms with Crippen LogP contribution < -0.4 is 0 Å². The zero-order valence-electron chi connectivity index (χ0n) is 25.3. The molecule has 0 bridgehead atoms. The van der Waals surface area contributed by atoms with Crippen molar-refractivity contribution in [3.63, 3.8) is 0 Å². The molecule has 0 fully saturated rings. The van der Waals surface area contributed by atoms with Crippen LogP contribution in [0, 0.1) is 0 Å². The monoisotopic (exact) mass is 602 g/mol. The first-order valence-electron chi connectivity index (χ1n) is 15.9. The lowest BCUT2D eigenvalue weighted by atomic mass is 9.86. The highest BCUT2D eigenvalue weighted by Gasteiger charge is 2.17. The van der Waals surface area contributed by atoms with Crippen molar-refractivity contribution in [2.75, 3.05) is 0 Å². The second-order valence-corrected chi connectivity index (χ2v) is 13.0. The molecule has 9 rings (SSSR count). The first kappa shape index (κ1) is 26.9. The Bertz CT molecular complexity index is 2600. The Morgan fingerprint density at radius 2 is 1.13 bits per heavy atom. The van der Waals surface area contributed by atoms with Gasteiger partial charge >= 0.3 is 0 Å². The molecular formula is C45H30S. The molecule has 0 amide bonds. The third kappa shape index (κ3) is 4.35. The summed E-state index contributed by atoms with van der Waals surface area (Å²) in [5, 5.41) is 10.4. The zero-order valence-corrected chi connectivity index (χ0v) is 26.1. The molecule has 0 saturated heterocycles. The molecule has 0 radical (unpaired) electrons. The predicted molar refractivity (Wildman–Crippen MR) is 202 cm³/mol. The fourth-order valence-electron chi connectivity index (χ4n) is 7.29. The third-order valence-corrected chi connectivity index (χ3v) is 10.6. The molecule has 8 aromatic carbocycles. The van der Waals surface area contributed by atoms with Gasteiger partial charge in [0.25, 0.3) is 0 Å². The Kier molecular flexibility index (Phi) is 6.51. The van der Waals surface area contributed by atoms with Gasteiger partial charge in [0.1, 0.15) is 0 Å². The molecule has 0 nitrogen and oxygen atoms in total. The summed E-state index contributed by atoms with van der Waals surface area (Å²) in [6.45, 7) is 0. The number of allylic oxidation sites excluding steroid dienone is 1. The fraction of sp³-hybridized carbons (Fsp3) is 0.0222. The maximum Gasteiger partial charge on any atom is 0.0433 e. The topological polar surface area (TPSA) is 0 Å². The summed E-state index contributed by atoms with van der Waals surface area (Å²) in [7, 11) is 0. The summed E-state index contributed by atoms with van der Waals surface area (Å²) in [6, 6.07) is 57.6. The summed E-state index contributed by atoms with van der Waals surface area (Å²) < 4.78 is 2.70. The quantitative estimate of drug-likeness (QED) is 0.136. The highest BCUT2D eigenvalue weighted by atomic mass is 32.1. The minimum atomic E-state index is 0.849. The molecule has 0 saturated carbocycles. The van der Waals surface area contributed by atoms with Crippen molar-refractivity contribution in [2.24, 2.45) is 0 Å². The van der Waals surface area contributed by atoms with E-state index in [2.05, 4.69) is 170 Å². The minimum Gasteiger partial charge on any atom is -0.135 e. The van der Waals surface area contributed by atoms with E-state index >= 15 is 0 Å². The van der Waals surface area contributed by atoms with Crippen LogP contribution in [0.3, 0.4) is 0 Å². The maximum atomic E-state index is 2.37. The zero-order chi connectivity index (χ0) is 30.5. The van der Waals surface area contributed by atoms with E-state index in [9.17, 15) is 0 Å². The Balaban J connectivity index is 1.21. The van der Waals surface area contributed by atoms with E-state index in [1.165, 1.54) is 85.9 Å². The van der Waals surface area contributed by atoms with Gasteiger partial charge in [0.15, 0.2) is 0 Å². The van der Waals surface area contributed by atoms with Gasteiger partial charge in [0.2, 0.25) is 0 Å². The number of thiophene rings is 1. The Morgan fingerprint density at radius 3 is 2.02 bits per heavy atom. The molecule has 0 aliphatic heterocycles. The van der Waals surface area contributed by atoms with E-state index in [1.807, 2.05) is 11.3 Å². The Labute approximate surface area is 272 Å². The van der Waals surface area contributed by atoms with Gasteiger partial charge in [-0.1, -0.05) is 164 Å². The van der Waals surface area contributed by atoms with Crippen molar-refractivity contribution in [3.8, 4) is 22.3 Å². The normalized spacial score (nSPS) is 11.9. The molecule has 1 heteroatoms. The van der Waals surface area contributed by atoms with E-state index in [1.54, 1.807) is 0 Å². The third-order valence-electron chi connectivity index (χ3n) is 9.35. The SMILES string of the molecule is C(=C\c1c2ccccc2c(-c2ccccc2)c2c1ccc1ccccc12)/Cc1ccccc1-c1cccc2c1sc1ccccc12. The molecule has 1 aromatic heterocycles. The lowest BCUT2D eigenvalue weighted by Crippen LogP contribution is -1.92. The van der Waals surface area contributed by atoms with Crippen molar-refractivity contribution in [1.29, 1.82) is 0 Å². The van der Waals surface area contributed by atoms with Gasteiger partial charge in [-0.2, -0.15) is 0 Å². The number of hydrogen-bond acceptors (Lipinski definition) is 1. The molecule has 46 heavy (non-hydrogen) atoms. The second kappa shape index (κ2) is 11.1. The van der Waals surface area contributed by atoms with Gasteiger partial charge in [-0.05, 0) is 78.2 Å². The highest BCUT2D eigenvalue weighted by Crippen LogP contribution is 2.44. The smallest absolute Gasteiger partial charge is 0.0433 e. The van der Waals surface area contributed by atoms with Gasteiger partial charge in [0.05, 0.1) is 0 Å². The lowest BCUT2D eigenvalue weighted by Gasteiger charge is -2.17. The standard InChI is InChI=1S/C45H30S/c1-2-16-32(17-3-1)43-38-23-9-8-21-35(38)36(39-29-28-31-15-5-7-20-34(31)44(39)43)24-12-18-30-14-4-6-19-33(30)40-25-13-26-41-37-22-10-11-27-42(37)46-45(40)41/h1-17,19-29H,18H2/b24-12+. The molecule has 1 heterocycles. The highest BCUT2D eigenvalue weighted by molar-refractivity contribution is 7.26. The second-order valence-electron chi connectivity index (χ2n) is 12.0. The van der Waals surface area contributed by atoms with Gasteiger partial charge in [0, 0.05) is 20.2 Å². The van der Waals surface area contributed by atoms with Crippen LogP contribution in [0.2, 0.25) is 0 Å². The van der Waals surface area contributed by atoms with E-state index in [0.717, 1.165) is 6.42 Å². The first-order valence-corrected chi connectivity index (χ1v) is 16.7. The predicted octanol–water partition coefficient (Wildman–Crippen LogP) is 13.1. The molecule has 0 N–H and O–H groups in total. The summed E-state index contributed by atoms with van der Waals surface area (Å²) >= 11 is 1.90. The summed E-state index contributed by atoms with van der Waals surface area (Å²) in [5.74, 6) is 0. The molecule has 0 aliphatic carbocycles. The van der Waals surface area contributed by atoms with Crippen LogP contribution in [0.4, 0.5) is 0 Å². The van der Waals surface area contributed by atoms with Gasteiger partial charge in [-0.15, -0.1) is 11.3 Å². The van der Waals surface area contributed by atoms with Gasteiger partial charge in [-0.25, -0.2) is 0 Å². The molecule has 0 spiro atoms. The van der Waals surface area contributed by atoms with Crippen molar-refractivity contribution in [2.45, 2.75) is 6.42 Å². The molecule has 0 aliphatic rings. The maximum absolute atomic E-state index is 2.37. The van der Waals surface area contributed by atoms with Crippen LogP contribution in [0.1, 0.15) is 11.1 Å². The van der Waals surface area contributed by atoms with Crippen LogP contribution in [0.25, 0.3) is 80.8 Å². The van der Waals surface area contributed by atoms with Crippen LogP contribution >= 0.6 is 11.3 Å². The van der Waals surface area contributed by atoms with E-state index < -0.39 is 0 Å². The molecule has 216 valence electrons. The number of benzene rings is 8. The number of fused-ring (bicyclic) bond motifs is 7. The largest absolute Gasteiger partial charge is 0.135 e. The van der Waals surface area contributed by atoms with Crippen LogP contribution in [0.5, 0.6) is 0 Å². The van der Waals surface area contributed by atoms with Crippen molar-refractivity contribution >= 4 is 69.9 Å². The van der Waals surface area contributed by atoms with E-state index in [0.29, 0.717) is 0 Å². The van der Waals surface area contributed by atoms with Crippen molar-refractivity contribution in [3.05, 3.63) is 175 Å². The molecule has 0 unspecified atom stereocenters. The molecule has 0 atom stereocenters. The summed E-state index contributed by atoms with van der Waals surface area (Å²) in [5.41, 5.74) is 7.80. The first-order chi connectivity index (χ1) is 22.8. The average molecular weight is 603 g/mol. The number of rotatable bonds is 5. The summed E-state index contributed by atoms with van der Waals surface area (Å²) in [6.07, 6.45) is 5.58. The van der Waals surface area contributed by atoms with Gasteiger partial charge in [-0.3, -0.25) is 0 Å². The van der Waals surface area contributed by atoms with Crippen molar-refractivity contribution < 1.29 is 0 Å². The summed E-state index contributed by atoms with van der Waals surface area (Å²) in [4.78, 5) is 0. The Morgan fingerprint density at radius 1 is 0.457 bits per heavy atom. The lowest BCUT2D eigenvalue weighted by molar-refractivity contribution is 1.28. The molecule has 9 aromatic rings. The van der Waals surface area contributed by atoms with E-state index in [-0.39, 0.29) is 0 Å². The minimum absolute atomic E-state index is 0.849. The Hall–Kier alpha value is -5.50. The van der Waals surface area contributed by atoms with Crippen LogP contribution in [0.15, 0.2) is 164 Å². The van der Waals surface area contributed by atoms with Gasteiger partial charge < -0.3 is 0 Å². The average Bonchev–Trinajstić information content (AvgIpc) is 3.51. The van der Waals surface area contributed by atoms with Crippen molar-refractivity contribution in [1.82, 2.24) is 0 Å². The molecular weight excluding hydrogens is 573 g/mol.